The number of hydrogen-bond acceptors (Lipinski definition) is 9. The lowest BCUT2D eigenvalue weighted by Crippen LogP contribution is -2.32. The van der Waals surface area contributed by atoms with Gasteiger partial charge in [0.1, 0.15) is 39.9 Å². The van der Waals surface area contributed by atoms with Crippen molar-refractivity contribution in [2.75, 3.05) is 18.9 Å². The maximum atomic E-state index is 13.5. The van der Waals surface area contributed by atoms with E-state index in [1.807, 2.05) is 6.07 Å². The van der Waals surface area contributed by atoms with E-state index in [1.54, 1.807) is 71.1 Å². The fraction of sp³-hybridized carbons (Fsp3) is 0.250. The predicted molar refractivity (Wildman–Crippen MR) is 139 cm³/mol. The fourth-order valence-corrected chi connectivity index (χ4v) is 5.09. The molecule has 0 aliphatic rings. The molecule has 4 aromatic heterocycles. The lowest BCUT2D eigenvalue weighted by molar-refractivity contribution is 0.172. The first kappa shape index (κ1) is 25.2. The molecule has 0 saturated heterocycles. The quantitative estimate of drug-likeness (QED) is 0.288. The van der Waals surface area contributed by atoms with E-state index in [2.05, 4.69) is 25.0 Å². The molecular weight excluding hydrogens is 512 g/mol. The van der Waals surface area contributed by atoms with Gasteiger partial charge in [0.15, 0.2) is 5.82 Å². The first-order valence-electron chi connectivity index (χ1n) is 11.5. The van der Waals surface area contributed by atoms with Crippen LogP contribution in [0.5, 0.6) is 11.5 Å². The van der Waals surface area contributed by atoms with Gasteiger partial charge in [-0.05, 0) is 37.3 Å². The van der Waals surface area contributed by atoms with Crippen molar-refractivity contribution in [3.8, 4) is 28.7 Å². The highest BCUT2D eigenvalue weighted by Gasteiger charge is 2.34. The molecule has 5 aromatic rings. The number of nitrogens with zero attached hydrogens (tertiary/aromatic N) is 7. The topological polar surface area (TPSA) is 151 Å². The summed E-state index contributed by atoms with van der Waals surface area (Å²) in [6.07, 6.45) is 3.66. The number of aromatic nitrogens is 7. The number of pyridine rings is 1. The van der Waals surface area contributed by atoms with Crippen LogP contribution in [0.15, 0.2) is 61.1 Å². The smallest absolute Gasteiger partial charge is 0.243 e. The number of imidazole rings is 1. The molecule has 0 fully saturated rings. The third-order valence-electron chi connectivity index (χ3n) is 6.08. The second-order valence-corrected chi connectivity index (χ2v) is 10.5. The van der Waals surface area contributed by atoms with Gasteiger partial charge in [0, 0.05) is 25.6 Å². The van der Waals surface area contributed by atoms with Gasteiger partial charge in [0.25, 0.3) is 0 Å². The Morgan fingerprint density at radius 2 is 1.74 bits per heavy atom. The van der Waals surface area contributed by atoms with Crippen LogP contribution in [0.25, 0.3) is 22.9 Å². The third kappa shape index (κ3) is 4.43. The zero-order valence-electron chi connectivity index (χ0n) is 21.0. The number of rotatable bonds is 9. The average Bonchev–Trinajstić information content (AvgIpc) is 3.65. The molecule has 0 unspecified atom stereocenters. The van der Waals surface area contributed by atoms with Crippen molar-refractivity contribution in [2.45, 2.75) is 18.3 Å². The summed E-state index contributed by atoms with van der Waals surface area (Å²) in [6, 6.07) is 12.2. The zero-order valence-corrected chi connectivity index (χ0v) is 21.9. The van der Waals surface area contributed by atoms with E-state index in [0.717, 1.165) is 0 Å². The van der Waals surface area contributed by atoms with Gasteiger partial charge in [-0.2, -0.15) is 5.10 Å². The molecule has 198 valence electrons. The monoisotopic (exact) mass is 538 g/mol. The van der Waals surface area contributed by atoms with Crippen molar-refractivity contribution >= 4 is 21.6 Å². The first-order chi connectivity index (χ1) is 18.2. The van der Waals surface area contributed by atoms with Crippen LogP contribution in [0.2, 0.25) is 0 Å². The van der Waals surface area contributed by atoms with Crippen LogP contribution in [0.3, 0.4) is 0 Å². The van der Waals surface area contributed by atoms with Crippen molar-refractivity contribution in [1.82, 2.24) is 33.9 Å². The van der Waals surface area contributed by atoms with Crippen molar-refractivity contribution in [3.05, 3.63) is 66.7 Å². The molecule has 4 heterocycles. The van der Waals surface area contributed by atoms with Gasteiger partial charge in [-0.15, -0.1) is 10.2 Å². The summed E-state index contributed by atoms with van der Waals surface area (Å²) in [5, 5.41) is 22.4. The minimum atomic E-state index is -4.21. The minimum absolute atomic E-state index is 0.137. The number of ether oxygens (including phenoxy) is 2. The van der Waals surface area contributed by atoms with Gasteiger partial charge < -0.3 is 19.0 Å². The van der Waals surface area contributed by atoms with Gasteiger partial charge in [-0.1, -0.05) is 12.1 Å². The third-order valence-corrected chi connectivity index (χ3v) is 7.79. The first-order valence-corrected chi connectivity index (χ1v) is 13.1. The second kappa shape index (κ2) is 9.79. The molecule has 1 aromatic carbocycles. The molecule has 5 rings (SSSR count). The number of hydrogen-bond donors (Lipinski definition) is 2. The van der Waals surface area contributed by atoms with E-state index in [0.29, 0.717) is 28.5 Å². The summed E-state index contributed by atoms with van der Waals surface area (Å²) in [6.45, 7) is 1.39. The van der Waals surface area contributed by atoms with E-state index in [1.165, 1.54) is 25.7 Å². The van der Waals surface area contributed by atoms with Gasteiger partial charge in [-0.3, -0.25) is 14.0 Å². The van der Waals surface area contributed by atoms with Crippen molar-refractivity contribution in [2.24, 2.45) is 7.05 Å². The molecule has 0 amide bonds. The van der Waals surface area contributed by atoms with Crippen LogP contribution in [-0.2, 0) is 17.1 Å². The van der Waals surface area contributed by atoms with Gasteiger partial charge in [0.2, 0.25) is 16.0 Å². The van der Waals surface area contributed by atoms with Crippen molar-refractivity contribution < 1.29 is 23.0 Å². The van der Waals surface area contributed by atoms with Crippen LogP contribution in [-0.4, -0.2) is 66.9 Å². The summed E-state index contributed by atoms with van der Waals surface area (Å²) in [5.74, 6) is 0.890. The van der Waals surface area contributed by atoms with E-state index < -0.39 is 21.4 Å². The maximum Gasteiger partial charge on any atom is 0.243 e. The van der Waals surface area contributed by atoms with Crippen LogP contribution in [0.1, 0.15) is 18.7 Å². The Kier molecular flexibility index (Phi) is 6.50. The van der Waals surface area contributed by atoms with E-state index in [4.69, 9.17) is 9.47 Å². The Bertz CT molecular complexity index is 1650. The molecular formula is C24H26N8O5S. The molecule has 0 spiro atoms. The largest absolute Gasteiger partial charge is 0.494 e. The SMILES string of the molecule is COc1cccc(OC)c1-n1c(NS(=O)(=O)[C@H](C)[C@@H](O)c2cn3ccccc3n2)nnc1-c1ccn(C)n1. The van der Waals surface area contributed by atoms with Crippen LogP contribution >= 0.6 is 0 Å². The van der Waals surface area contributed by atoms with Gasteiger partial charge in [-0.25, -0.2) is 13.4 Å². The molecule has 14 heteroatoms. The molecule has 0 aliphatic carbocycles. The highest BCUT2D eigenvalue weighted by Crippen LogP contribution is 2.37. The Balaban J connectivity index is 1.58. The van der Waals surface area contributed by atoms with Crippen LogP contribution in [0.4, 0.5) is 5.95 Å². The van der Waals surface area contributed by atoms with E-state index in [9.17, 15) is 13.5 Å². The normalized spacial score (nSPS) is 13.4. The molecule has 2 N–H and O–H groups in total. The predicted octanol–water partition coefficient (Wildman–Crippen LogP) is 2.20. The van der Waals surface area contributed by atoms with Crippen molar-refractivity contribution in [1.29, 1.82) is 0 Å². The Morgan fingerprint density at radius 3 is 2.37 bits per heavy atom. The summed E-state index contributed by atoms with van der Waals surface area (Å²) in [7, 11) is 0.511. The number of benzene rings is 1. The number of para-hydroxylation sites is 1. The lowest BCUT2D eigenvalue weighted by Gasteiger charge is -2.20. The van der Waals surface area contributed by atoms with E-state index in [-0.39, 0.29) is 17.5 Å². The zero-order chi connectivity index (χ0) is 27.0. The summed E-state index contributed by atoms with van der Waals surface area (Å²) < 4.78 is 45.4. The standard InChI is InChI=1S/C24H26N8O5S/c1-15(22(33)17-14-31-12-6-5-10-20(31)25-17)38(34,35)29-24-27-26-23(16-11-13-30(2)28-16)32(24)21-18(36-3)8-7-9-19(21)37-4/h5-15,22,33H,1-4H3,(H,27,29)/t15-,22-/m1/s1. The van der Waals surface area contributed by atoms with Gasteiger partial charge in [0.05, 0.1) is 19.9 Å². The highest BCUT2D eigenvalue weighted by molar-refractivity contribution is 7.93. The number of aryl methyl sites for hydroxylation is 1. The van der Waals surface area contributed by atoms with Crippen LogP contribution in [0, 0.1) is 0 Å². The lowest BCUT2D eigenvalue weighted by atomic mass is 10.2. The summed E-state index contributed by atoms with van der Waals surface area (Å²) in [5.41, 5.74) is 1.61. The average molecular weight is 539 g/mol. The number of aliphatic hydroxyl groups excluding tert-OH is 1. The number of nitrogens with one attached hydrogen (secondary N) is 1. The summed E-state index contributed by atoms with van der Waals surface area (Å²) in [4.78, 5) is 4.35. The number of fused-ring (bicyclic) bond motifs is 1. The molecule has 13 nitrogen and oxygen atoms in total. The molecule has 0 radical (unpaired) electrons. The molecule has 38 heavy (non-hydrogen) atoms. The number of methoxy groups -OCH3 is 2. The maximum absolute atomic E-state index is 13.5. The Labute approximate surface area is 218 Å². The Morgan fingerprint density at radius 1 is 1.00 bits per heavy atom. The highest BCUT2D eigenvalue weighted by atomic mass is 32.2. The van der Waals surface area contributed by atoms with Crippen molar-refractivity contribution in [3.63, 3.8) is 0 Å². The molecule has 0 bridgehead atoms. The fourth-order valence-electron chi connectivity index (χ4n) is 4.04. The Hall–Kier alpha value is -4.43. The van der Waals surface area contributed by atoms with E-state index >= 15 is 0 Å². The van der Waals surface area contributed by atoms with Gasteiger partial charge >= 0.3 is 0 Å². The number of sulfonamides is 1. The second-order valence-electron chi connectivity index (χ2n) is 8.50. The molecule has 0 saturated carbocycles. The molecule has 0 aliphatic heterocycles. The summed E-state index contributed by atoms with van der Waals surface area (Å²) >= 11 is 0. The molecule has 2 atom stereocenters. The van der Waals surface area contributed by atoms with Crippen LogP contribution < -0.4 is 14.2 Å². The number of anilines is 1. The number of aliphatic hydroxyl groups is 1. The minimum Gasteiger partial charge on any atom is -0.494 e.